The van der Waals surface area contributed by atoms with Crippen LogP contribution in [0.1, 0.15) is 33.3 Å². The van der Waals surface area contributed by atoms with Gasteiger partial charge in [-0.25, -0.2) is 0 Å². The van der Waals surface area contributed by atoms with E-state index in [-0.39, 0.29) is 0 Å². The summed E-state index contributed by atoms with van der Waals surface area (Å²) < 4.78 is 5.51. The predicted molar refractivity (Wildman–Crippen MR) is 75.1 cm³/mol. The van der Waals surface area contributed by atoms with Gasteiger partial charge in [0.25, 0.3) is 0 Å². The Morgan fingerprint density at radius 1 is 1.28 bits per heavy atom. The number of nitrogens with one attached hydrogen (secondary N) is 1. The van der Waals surface area contributed by atoms with Gasteiger partial charge in [-0.2, -0.15) is 0 Å². The highest BCUT2D eigenvalue weighted by Crippen LogP contribution is 2.15. The van der Waals surface area contributed by atoms with Crippen LogP contribution in [-0.2, 0) is 6.42 Å². The molecule has 0 heterocycles. The Bertz CT molecular complexity index is 341. The first kappa shape index (κ1) is 15.0. The van der Waals surface area contributed by atoms with Crippen molar-refractivity contribution in [3.63, 3.8) is 0 Å². The van der Waals surface area contributed by atoms with Crippen molar-refractivity contribution in [2.75, 3.05) is 13.2 Å². The van der Waals surface area contributed by atoms with Gasteiger partial charge in [-0.15, -0.1) is 0 Å². The van der Waals surface area contributed by atoms with Crippen LogP contribution < -0.4 is 10.1 Å². The van der Waals surface area contributed by atoms with Gasteiger partial charge in [-0.3, -0.25) is 0 Å². The van der Waals surface area contributed by atoms with Gasteiger partial charge in [0, 0.05) is 6.04 Å². The van der Waals surface area contributed by atoms with Gasteiger partial charge in [0.1, 0.15) is 12.4 Å². The summed E-state index contributed by atoms with van der Waals surface area (Å²) in [5, 5.41) is 13.0. The Hall–Kier alpha value is -1.06. The fraction of sp³-hybridized carbons (Fsp3) is 0.600. The molecule has 1 aromatic carbocycles. The Morgan fingerprint density at radius 2 is 1.89 bits per heavy atom. The summed E-state index contributed by atoms with van der Waals surface area (Å²) in [6, 6.07) is 8.55. The topological polar surface area (TPSA) is 41.5 Å². The van der Waals surface area contributed by atoms with Gasteiger partial charge in [-0.1, -0.05) is 19.1 Å². The number of hydrogen-bond donors (Lipinski definition) is 2. The Balaban J connectivity index is 2.47. The quantitative estimate of drug-likeness (QED) is 0.782. The van der Waals surface area contributed by atoms with E-state index >= 15 is 0 Å². The van der Waals surface area contributed by atoms with Crippen molar-refractivity contribution in [2.24, 2.45) is 0 Å². The van der Waals surface area contributed by atoms with Crippen LogP contribution in [-0.4, -0.2) is 29.9 Å². The van der Waals surface area contributed by atoms with Crippen LogP contribution in [0.5, 0.6) is 5.75 Å². The number of likely N-dealkylation sites (N-methyl/N-ethyl adjacent to an activating group) is 1. The SMILES string of the molecule is CCNC(C)Cc1ccc(OCC(C)(C)O)cc1. The molecule has 1 aromatic rings. The lowest BCUT2D eigenvalue weighted by atomic mass is 10.1. The fourth-order valence-electron chi connectivity index (χ4n) is 1.76. The van der Waals surface area contributed by atoms with Gasteiger partial charge in [0.2, 0.25) is 0 Å². The lowest BCUT2D eigenvalue weighted by Crippen LogP contribution is -2.28. The van der Waals surface area contributed by atoms with E-state index in [9.17, 15) is 5.11 Å². The molecule has 0 fully saturated rings. The molecule has 102 valence electrons. The molecule has 0 spiro atoms. The molecule has 0 aliphatic heterocycles. The molecule has 1 rings (SSSR count). The second-order valence-electron chi connectivity index (χ2n) is 5.41. The highest BCUT2D eigenvalue weighted by atomic mass is 16.5. The van der Waals surface area contributed by atoms with Crippen molar-refractivity contribution in [3.05, 3.63) is 29.8 Å². The van der Waals surface area contributed by atoms with Crippen molar-refractivity contribution in [1.82, 2.24) is 5.32 Å². The lowest BCUT2D eigenvalue weighted by molar-refractivity contribution is 0.0285. The molecule has 0 aliphatic carbocycles. The van der Waals surface area contributed by atoms with Crippen molar-refractivity contribution in [3.8, 4) is 5.75 Å². The summed E-state index contributed by atoms with van der Waals surface area (Å²) >= 11 is 0. The molecule has 0 radical (unpaired) electrons. The Kier molecular flexibility index (Phi) is 5.63. The molecular weight excluding hydrogens is 226 g/mol. The number of benzene rings is 1. The number of rotatable bonds is 7. The minimum absolute atomic E-state index is 0.306. The second-order valence-corrected chi connectivity index (χ2v) is 5.41. The second kappa shape index (κ2) is 6.76. The molecule has 0 saturated heterocycles. The minimum Gasteiger partial charge on any atom is -0.491 e. The molecular formula is C15H25NO2. The normalized spacial score (nSPS) is 13.4. The van der Waals surface area contributed by atoms with Crippen LogP contribution >= 0.6 is 0 Å². The van der Waals surface area contributed by atoms with Crippen LogP contribution in [0.25, 0.3) is 0 Å². The molecule has 0 aliphatic rings. The van der Waals surface area contributed by atoms with E-state index < -0.39 is 5.60 Å². The van der Waals surface area contributed by atoms with E-state index in [2.05, 4.69) is 31.3 Å². The molecule has 0 amide bonds. The van der Waals surface area contributed by atoms with Crippen LogP contribution in [0.15, 0.2) is 24.3 Å². The smallest absolute Gasteiger partial charge is 0.119 e. The molecule has 3 heteroatoms. The van der Waals surface area contributed by atoms with Crippen LogP contribution in [0, 0.1) is 0 Å². The van der Waals surface area contributed by atoms with E-state index in [1.165, 1.54) is 5.56 Å². The molecule has 2 N–H and O–H groups in total. The third kappa shape index (κ3) is 6.03. The average molecular weight is 251 g/mol. The van der Waals surface area contributed by atoms with E-state index in [1.54, 1.807) is 13.8 Å². The summed E-state index contributed by atoms with van der Waals surface area (Å²) in [6.07, 6.45) is 1.01. The summed E-state index contributed by atoms with van der Waals surface area (Å²) in [5.41, 5.74) is 0.497. The maximum atomic E-state index is 9.58. The molecule has 1 unspecified atom stereocenters. The van der Waals surface area contributed by atoms with Gasteiger partial charge in [0.15, 0.2) is 0 Å². The first-order valence-electron chi connectivity index (χ1n) is 6.58. The Labute approximate surface area is 110 Å². The van der Waals surface area contributed by atoms with Crippen molar-refractivity contribution < 1.29 is 9.84 Å². The lowest BCUT2D eigenvalue weighted by Gasteiger charge is -2.18. The molecule has 3 nitrogen and oxygen atoms in total. The number of aliphatic hydroxyl groups is 1. The summed E-state index contributed by atoms with van der Waals surface area (Å²) in [7, 11) is 0. The first-order chi connectivity index (χ1) is 8.40. The van der Waals surface area contributed by atoms with Gasteiger partial charge in [0.05, 0.1) is 5.60 Å². The fourth-order valence-corrected chi connectivity index (χ4v) is 1.76. The van der Waals surface area contributed by atoms with Gasteiger partial charge < -0.3 is 15.2 Å². The van der Waals surface area contributed by atoms with Crippen LogP contribution in [0.4, 0.5) is 0 Å². The molecule has 0 bridgehead atoms. The maximum Gasteiger partial charge on any atom is 0.119 e. The monoisotopic (exact) mass is 251 g/mol. The van der Waals surface area contributed by atoms with Crippen molar-refractivity contribution >= 4 is 0 Å². The maximum absolute atomic E-state index is 9.58. The van der Waals surface area contributed by atoms with E-state index in [0.29, 0.717) is 12.6 Å². The van der Waals surface area contributed by atoms with Gasteiger partial charge >= 0.3 is 0 Å². The molecule has 18 heavy (non-hydrogen) atoms. The van der Waals surface area contributed by atoms with Crippen LogP contribution in [0.3, 0.4) is 0 Å². The average Bonchev–Trinajstić information content (AvgIpc) is 2.27. The summed E-state index contributed by atoms with van der Waals surface area (Å²) in [5.74, 6) is 0.803. The zero-order chi connectivity index (χ0) is 13.6. The van der Waals surface area contributed by atoms with Gasteiger partial charge in [-0.05, 0) is 51.4 Å². The van der Waals surface area contributed by atoms with E-state index in [0.717, 1.165) is 18.7 Å². The zero-order valence-corrected chi connectivity index (χ0v) is 11.9. The minimum atomic E-state index is -0.793. The van der Waals surface area contributed by atoms with Crippen molar-refractivity contribution in [1.29, 1.82) is 0 Å². The standard InChI is InChI=1S/C15H25NO2/c1-5-16-12(2)10-13-6-8-14(9-7-13)18-11-15(3,4)17/h6-9,12,16-17H,5,10-11H2,1-4H3. The van der Waals surface area contributed by atoms with Crippen molar-refractivity contribution in [2.45, 2.75) is 45.8 Å². The highest BCUT2D eigenvalue weighted by Gasteiger charge is 2.13. The molecule has 0 aromatic heterocycles. The summed E-state index contributed by atoms with van der Waals surface area (Å²) in [4.78, 5) is 0. The highest BCUT2D eigenvalue weighted by molar-refractivity contribution is 5.27. The zero-order valence-electron chi connectivity index (χ0n) is 11.9. The number of hydrogen-bond acceptors (Lipinski definition) is 3. The number of ether oxygens (including phenoxy) is 1. The van der Waals surface area contributed by atoms with Crippen LogP contribution in [0.2, 0.25) is 0 Å². The van der Waals surface area contributed by atoms with E-state index in [1.807, 2.05) is 12.1 Å². The Morgan fingerprint density at radius 3 is 2.39 bits per heavy atom. The third-order valence-corrected chi connectivity index (χ3v) is 2.61. The predicted octanol–water partition coefficient (Wildman–Crippen LogP) is 2.38. The summed E-state index contributed by atoms with van der Waals surface area (Å²) in [6.45, 7) is 9.07. The van der Waals surface area contributed by atoms with E-state index in [4.69, 9.17) is 4.74 Å². The third-order valence-electron chi connectivity index (χ3n) is 2.61. The largest absolute Gasteiger partial charge is 0.491 e. The molecule has 0 saturated carbocycles. The first-order valence-corrected chi connectivity index (χ1v) is 6.58. The molecule has 1 atom stereocenters.